The number of nitrogens with zero attached hydrogens (tertiary/aromatic N) is 1. The molecule has 0 radical (unpaired) electrons. The molecule has 7 heteroatoms. The summed E-state index contributed by atoms with van der Waals surface area (Å²) in [5, 5.41) is 20.1. The molecule has 1 aliphatic rings. The quantitative estimate of drug-likeness (QED) is 0.325. The van der Waals surface area contributed by atoms with E-state index in [0.29, 0.717) is 12.4 Å². The number of hydrogen-bond acceptors (Lipinski definition) is 5. The number of carbonyl (C=O) groups is 2. The number of carbonyl (C=O) groups excluding carboxylic acids is 2. The van der Waals surface area contributed by atoms with E-state index >= 15 is 0 Å². The van der Waals surface area contributed by atoms with Crippen molar-refractivity contribution in [3.63, 3.8) is 0 Å². The zero-order chi connectivity index (χ0) is 21.0. The van der Waals surface area contributed by atoms with Crippen LogP contribution in [0.15, 0.2) is 66.8 Å². The smallest absolute Gasteiger partial charge is 0.295 e. The second-order valence-corrected chi connectivity index (χ2v) is 6.36. The first kappa shape index (κ1) is 20.3. The molecule has 2 aromatic carbocycles. The van der Waals surface area contributed by atoms with E-state index in [-0.39, 0.29) is 23.2 Å². The van der Waals surface area contributed by atoms with Gasteiger partial charge in [-0.1, -0.05) is 30.9 Å². The molecule has 0 saturated carbocycles. The van der Waals surface area contributed by atoms with Crippen molar-refractivity contribution in [2.45, 2.75) is 6.04 Å². The Bertz CT molecular complexity index is 967. The molecule has 6 nitrogen and oxygen atoms in total. The van der Waals surface area contributed by atoms with Crippen molar-refractivity contribution < 1.29 is 28.9 Å². The topological polar surface area (TPSA) is 87.1 Å². The van der Waals surface area contributed by atoms with Crippen LogP contribution >= 0.6 is 0 Å². The summed E-state index contributed by atoms with van der Waals surface area (Å²) in [6.45, 7) is 3.29. The summed E-state index contributed by atoms with van der Waals surface area (Å²) >= 11 is 0. The number of halogens is 1. The third-order valence-electron chi connectivity index (χ3n) is 4.58. The van der Waals surface area contributed by atoms with Gasteiger partial charge in [-0.2, -0.15) is 0 Å². The summed E-state index contributed by atoms with van der Waals surface area (Å²) in [7, 11) is 0. The SMILES string of the molecule is C=CCOc1ccc(C(O)=C2C(=O)C(=O)N(CCO)C2c2ccccc2F)cc1. The summed E-state index contributed by atoms with van der Waals surface area (Å²) < 4.78 is 19.9. The van der Waals surface area contributed by atoms with Gasteiger partial charge in [0.2, 0.25) is 0 Å². The molecule has 0 bridgehead atoms. The Hall–Kier alpha value is -3.45. The highest BCUT2D eigenvalue weighted by molar-refractivity contribution is 6.46. The molecule has 1 amide bonds. The van der Waals surface area contributed by atoms with E-state index in [0.717, 1.165) is 4.90 Å². The van der Waals surface area contributed by atoms with Crippen LogP contribution in [0, 0.1) is 5.82 Å². The van der Waals surface area contributed by atoms with Crippen molar-refractivity contribution in [2.24, 2.45) is 0 Å². The number of aliphatic hydroxyl groups is 2. The largest absolute Gasteiger partial charge is 0.507 e. The van der Waals surface area contributed by atoms with Crippen LogP contribution in [0.5, 0.6) is 5.75 Å². The number of β-amino-alcohol motifs (C(OH)–C–C–N with tert-alkyl or cyclic N) is 1. The number of benzene rings is 2. The Morgan fingerprint density at radius 3 is 2.48 bits per heavy atom. The second-order valence-electron chi connectivity index (χ2n) is 6.36. The lowest BCUT2D eigenvalue weighted by Crippen LogP contribution is -2.32. The monoisotopic (exact) mass is 397 g/mol. The predicted octanol–water partition coefficient (Wildman–Crippen LogP) is 2.80. The van der Waals surface area contributed by atoms with Gasteiger partial charge in [0.05, 0.1) is 18.2 Å². The maximum Gasteiger partial charge on any atom is 0.295 e. The van der Waals surface area contributed by atoms with Crippen molar-refractivity contribution >= 4 is 17.4 Å². The van der Waals surface area contributed by atoms with Gasteiger partial charge in [-0.25, -0.2) is 4.39 Å². The number of Topliss-reactive ketones (excluding diaryl/α,β-unsaturated/α-hetero) is 1. The Balaban J connectivity index is 2.10. The number of ether oxygens (including phenoxy) is 1. The van der Waals surface area contributed by atoms with E-state index in [1.807, 2.05) is 0 Å². The maximum atomic E-state index is 14.5. The summed E-state index contributed by atoms with van der Waals surface area (Å²) in [6.07, 6.45) is 1.59. The van der Waals surface area contributed by atoms with Gasteiger partial charge in [0.25, 0.3) is 11.7 Å². The van der Waals surface area contributed by atoms with E-state index in [2.05, 4.69) is 6.58 Å². The van der Waals surface area contributed by atoms with Gasteiger partial charge < -0.3 is 19.8 Å². The minimum atomic E-state index is -1.14. The molecule has 0 spiro atoms. The summed E-state index contributed by atoms with van der Waals surface area (Å²) in [6, 6.07) is 10.8. The van der Waals surface area contributed by atoms with E-state index in [4.69, 9.17) is 4.74 Å². The fourth-order valence-electron chi connectivity index (χ4n) is 3.26. The van der Waals surface area contributed by atoms with Crippen LogP contribution in [0.2, 0.25) is 0 Å². The predicted molar refractivity (Wildman–Crippen MR) is 105 cm³/mol. The van der Waals surface area contributed by atoms with Crippen molar-refractivity contribution in [1.82, 2.24) is 4.90 Å². The first-order valence-electron chi connectivity index (χ1n) is 8.97. The molecule has 1 aliphatic heterocycles. The molecule has 3 rings (SSSR count). The van der Waals surface area contributed by atoms with Crippen LogP contribution in [-0.2, 0) is 9.59 Å². The number of aliphatic hydroxyl groups excluding tert-OH is 2. The molecule has 1 unspecified atom stereocenters. The lowest BCUT2D eigenvalue weighted by atomic mass is 9.95. The molecule has 0 aliphatic carbocycles. The van der Waals surface area contributed by atoms with Gasteiger partial charge in [0.15, 0.2) is 0 Å². The molecule has 2 N–H and O–H groups in total. The molecule has 29 heavy (non-hydrogen) atoms. The molecule has 1 atom stereocenters. The average Bonchev–Trinajstić information content (AvgIpc) is 2.97. The Morgan fingerprint density at radius 1 is 1.17 bits per heavy atom. The average molecular weight is 397 g/mol. The van der Waals surface area contributed by atoms with Gasteiger partial charge in [-0.3, -0.25) is 9.59 Å². The first-order chi connectivity index (χ1) is 14.0. The van der Waals surface area contributed by atoms with Crippen molar-refractivity contribution in [3.05, 3.63) is 83.7 Å². The van der Waals surface area contributed by atoms with Crippen molar-refractivity contribution in [3.8, 4) is 5.75 Å². The van der Waals surface area contributed by atoms with E-state index in [9.17, 15) is 24.2 Å². The van der Waals surface area contributed by atoms with Gasteiger partial charge in [0.1, 0.15) is 23.9 Å². The number of hydrogen-bond donors (Lipinski definition) is 2. The Morgan fingerprint density at radius 2 is 1.86 bits per heavy atom. The molecular weight excluding hydrogens is 377 g/mol. The maximum absolute atomic E-state index is 14.5. The normalized spacial score (nSPS) is 18.1. The summed E-state index contributed by atoms with van der Waals surface area (Å²) in [5.41, 5.74) is 0.111. The second kappa shape index (κ2) is 8.70. The van der Waals surface area contributed by atoms with Crippen LogP contribution in [-0.4, -0.2) is 46.6 Å². The fourth-order valence-corrected chi connectivity index (χ4v) is 3.26. The van der Waals surface area contributed by atoms with Gasteiger partial charge >= 0.3 is 0 Å². The van der Waals surface area contributed by atoms with Gasteiger partial charge in [-0.05, 0) is 30.3 Å². The lowest BCUT2D eigenvalue weighted by Gasteiger charge is -2.24. The summed E-state index contributed by atoms with van der Waals surface area (Å²) in [4.78, 5) is 26.2. The minimum Gasteiger partial charge on any atom is -0.507 e. The Labute approximate surface area is 167 Å². The number of ketones is 1. The highest BCUT2D eigenvalue weighted by Gasteiger charge is 2.46. The molecule has 2 aromatic rings. The fraction of sp³-hybridized carbons (Fsp3) is 0.182. The van der Waals surface area contributed by atoms with Gasteiger partial charge in [-0.15, -0.1) is 0 Å². The number of likely N-dealkylation sites (tertiary alicyclic amines) is 1. The minimum absolute atomic E-state index is 0.0626. The van der Waals surface area contributed by atoms with Crippen LogP contribution in [0.25, 0.3) is 5.76 Å². The molecule has 1 fully saturated rings. The standard InChI is InChI=1S/C22H20FNO5/c1-2-13-29-15-9-7-14(8-10-15)20(26)18-19(16-5-3-4-6-17(16)23)24(11-12-25)22(28)21(18)27/h2-10,19,25-26H,1,11-13H2. The summed E-state index contributed by atoms with van der Waals surface area (Å²) in [5.74, 6) is -2.35. The third kappa shape index (κ3) is 3.90. The number of amides is 1. The molecule has 150 valence electrons. The first-order valence-corrected chi connectivity index (χ1v) is 8.97. The lowest BCUT2D eigenvalue weighted by molar-refractivity contribution is -0.140. The highest BCUT2D eigenvalue weighted by atomic mass is 19.1. The van der Waals surface area contributed by atoms with Crippen LogP contribution in [0.4, 0.5) is 4.39 Å². The molecular formula is C22H20FNO5. The van der Waals surface area contributed by atoms with E-state index in [1.54, 1.807) is 24.3 Å². The van der Waals surface area contributed by atoms with E-state index < -0.39 is 35.9 Å². The van der Waals surface area contributed by atoms with Crippen molar-refractivity contribution in [2.75, 3.05) is 19.8 Å². The molecule has 0 aromatic heterocycles. The van der Waals surface area contributed by atoms with E-state index in [1.165, 1.54) is 30.3 Å². The van der Waals surface area contributed by atoms with Crippen LogP contribution < -0.4 is 4.74 Å². The third-order valence-corrected chi connectivity index (χ3v) is 4.58. The molecule has 1 heterocycles. The van der Waals surface area contributed by atoms with Crippen molar-refractivity contribution in [1.29, 1.82) is 0 Å². The molecule has 1 saturated heterocycles. The zero-order valence-corrected chi connectivity index (χ0v) is 15.5. The van der Waals surface area contributed by atoms with Crippen LogP contribution in [0.3, 0.4) is 0 Å². The zero-order valence-electron chi connectivity index (χ0n) is 15.5. The van der Waals surface area contributed by atoms with Crippen LogP contribution in [0.1, 0.15) is 17.2 Å². The van der Waals surface area contributed by atoms with Gasteiger partial charge in [0, 0.05) is 17.7 Å². The number of rotatable bonds is 7. The highest BCUT2D eigenvalue weighted by Crippen LogP contribution is 2.40. The Kier molecular flexibility index (Phi) is 6.09.